The van der Waals surface area contributed by atoms with Crippen LogP contribution in [0, 0.1) is 0 Å². The molecule has 6 nitrogen and oxygen atoms in total. The summed E-state index contributed by atoms with van der Waals surface area (Å²) >= 11 is 1.61. The van der Waals surface area contributed by atoms with Gasteiger partial charge in [-0.3, -0.25) is 4.79 Å². The first-order valence-corrected chi connectivity index (χ1v) is 6.57. The number of amides is 1. The Morgan fingerprint density at radius 2 is 2.50 bits per heavy atom. The quantitative estimate of drug-likeness (QED) is 0.900. The number of thiazole rings is 1. The van der Waals surface area contributed by atoms with Gasteiger partial charge in [0.1, 0.15) is 0 Å². The van der Waals surface area contributed by atoms with Crippen LogP contribution in [0.4, 0.5) is 5.13 Å². The number of nitrogens with one attached hydrogen (secondary N) is 1. The molecule has 1 saturated heterocycles. The van der Waals surface area contributed by atoms with E-state index in [2.05, 4.69) is 20.4 Å². The van der Waals surface area contributed by atoms with Crippen LogP contribution in [0.2, 0.25) is 0 Å². The molecule has 0 aliphatic carbocycles. The summed E-state index contributed by atoms with van der Waals surface area (Å²) in [5, 5.41) is 9.41. The van der Waals surface area contributed by atoms with E-state index in [1.54, 1.807) is 23.6 Å². The molecule has 0 unspecified atom stereocenters. The zero-order chi connectivity index (χ0) is 12.4. The molecule has 1 fully saturated rings. The molecule has 3 heterocycles. The monoisotopic (exact) mass is 264 g/mol. The Balaban J connectivity index is 1.58. The SMILES string of the molecule is O=C(N[C@@H]1CCN(c2nccs2)C1)c1ccno1. The van der Waals surface area contributed by atoms with Crippen molar-refractivity contribution >= 4 is 22.4 Å². The third-order valence-corrected chi connectivity index (χ3v) is 3.71. The van der Waals surface area contributed by atoms with Crippen molar-refractivity contribution in [1.82, 2.24) is 15.5 Å². The van der Waals surface area contributed by atoms with Crippen molar-refractivity contribution in [2.24, 2.45) is 0 Å². The third-order valence-electron chi connectivity index (χ3n) is 2.87. The molecule has 1 aliphatic heterocycles. The van der Waals surface area contributed by atoms with Crippen molar-refractivity contribution in [3.63, 3.8) is 0 Å². The number of aromatic nitrogens is 2. The van der Waals surface area contributed by atoms with Gasteiger partial charge in [0, 0.05) is 36.8 Å². The van der Waals surface area contributed by atoms with Gasteiger partial charge in [0.25, 0.3) is 5.91 Å². The molecule has 0 bridgehead atoms. The van der Waals surface area contributed by atoms with E-state index in [9.17, 15) is 4.79 Å². The molecule has 7 heteroatoms. The van der Waals surface area contributed by atoms with Crippen molar-refractivity contribution in [2.45, 2.75) is 12.5 Å². The number of hydrogen-bond acceptors (Lipinski definition) is 6. The average Bonchev–Trinajstić information content (AvgIpc) is 3.12. The third kappa shape index (κ3) is 2.21. The van der Waals surface area contributed by atoms with Gasteiger partial charge in [-0.25, -0.2) is 4.98 Å². The van der Waals surface area contributed by atoms with Crippen molar-refractivity contribution in [2.75, 3.05) is 18.0 Å². The summed E-state index contributed by atoms with van der Waals surface area (Å²) in [6.45, 7) is 1.70. The van der Waals surface area contributed by atoms with E-state index < -0.39 is 0 Å². The van der Waals surface area contributed by atoms with Gasteiger partial charge in [0.15, 0.2) is 5.13 Å². The van der Waals surface area contributed by atoms with E-state index in [1.165, 1.54) is 6.20 Å². The summed E-state index contributed by atoms with van der Waals surface area (Å²) in [5.74, 6) is 0.0428. The Morgan fingerprint density at radius 3 is 3.22 bits per heavy atom. The largest absolute Gasteiger partial charge is 0.351 e. The smallest absolute Gasteiger partial charge is 0.290 e. The normalized spacial score (nSPS) is 19.1. The van der Waals surface area contributed by atoms with Gasteiger partial charge in [0.05, 0.1) is 6.20 Å². The fourth-order valence-corrected chi connectivity index (χ4v) is 2.69. The fourth-order valence-electron chi connectivity index (χ4n) is 2.01. The van der Waals surface area contributed by atoms with Crippen molar-refractivity contribution in [3.8, 4) is 0 Å². The van der Waals surface area contributed by atoms with Crippen LogP contribution < -0.4 is 10.2 Å². The second kappa shape index (κ2) is 4.77. The first-order chi connectivity index (χ1) is 8.83. The summed E-state index contributed by atoms with van der Waals surface area (Å²) in [6.07, 6.45) is 4.17. The Bertz CT molecular complexity index is 511. The van der Waals surface area contributed by atoms with Crippen LogP contribution in [0.3, 0.4) is 0 Å². The summed E-state index contributed by atoms with van der Waals surface area (Å²) in [7, 11) is 0. The molecule has 1 atom stereocenters. The molecular weight excluding hydrogens is 252 g/mol. The van der Waals surface area contributed by atoms with Gasteiger partial charge < -0.3 is 14.7 Å². The lowest BCUT2D eigenvalue weighted by molar-refractivity contribution is 0.0903. The summed E-state index contributed by atoms with van der Waals surface area (Å²) in [6, 6.07) is 1.69. The van der Waals surface area contributed by atoms with Gasteiger partial charge in [-0.05, 0) is 6.42 Å². The predicted octanol–water partition coefficient (Wildman–Crippen LogP) is 1.14. The molecule has 2 aromatic heterocycles. The number of nitrogens with zero attached hydrogens (tertiary/aromatic N) is 3. The topological polar surface area (TPSA) is 71.3 Å². The Labute approximate surface area is 108 Å². The van der Waals surface area contributed by atoms with Crippen molar-refractivity contribution < 1.29 is 9.32 Å². The van der Waals surface area contributed by atoms with Crippen LogP contribution in [-0.4, -0.2) is 35.2 Å². The minimum Gasteiger partial charge on any atom is -0.351 e. The zero-order valence-electron chi connectivity index (χ0n) is 9.57. The first kappa shape index (κ1) is 11.2. The Hall–Kier alpha value is -1.89. The molecule has 1 N–H and O–H groups in total. The van der Waals surface area contributed by atoms with Crippen LogP contribution >= 0.6 is 11.3 Å². The maximum Gasteiger partial charge on any atom is 0.290 e. The average molecular weight is 264 g/mol. The van der Waals surface area contributed by atoms with E-state index in [0.29, 0.717) is 0 Å². The van der Waals surface area contributed by atoms with E-state index in [1.807, 2.05) is 5.38 Å². The van der Waals surface area contributed by atoms with Crippen LogP contribution in [0.1, 0.15) is 17.0 Å². The molecule has 2 aromatic rings. The second-order valence-electron chi connectivity index (χ2n) is 4.10. The van der Waals surface area contributed by atoms with Crippen LogP contribution in [0.15, 0.2) is 28.4 Å². The van der Waals surface area contributed by atoms with E-state index in [-0.39, 0.29) is 17.7 Å². The van der Waals surface area contributed by atoms with Crippen LogP contribution in [0.25, 0.3) is 0 Å². The highest BCUT2D eigenvalue weighted by Crippen LogP contribution is 2.22. The Kier molecular flexibility index (Phi) is 2.97. The molecule has 0 spiro atoms. The highest BCUT2D eigenvalue weighted by Gasteiger charge is 2.26. The predicted molar refractivity (Wildman–Crippen MR) is 66.7 cm³/mol. The highest BCUT2D eigenvalue weighted by atomic mass is 32.1. The molecule has 0 radical (unpaired) electrons. The summed E-state index contributed by atoms with van der Waals surface area (Å²) < 4.78 is 4.82. The summed E-state index contributed by atoms with van der Waals surface area (Å²) in [5.41, 5.74) is 0. The van der Waals surface area contributed by atoms with Gasteiger partial charge in [-0.15, -0.1) is 11.3 Å². The number of anilines is 1. The van der Waals surface area contributed by atoms with Crippen LogP contribution in [-0.2, 0) is 0 Å². The van der Waals surface area contributed by atoms with E-state index in [4.69, 9.17) is 4.52 Å². The molecule has 3 rings (SSSR count). The molecule has 0 saturated carbocycles. The molecular formula is C11H12N4O2S. The zero-order valence-corrected chi connectivity index (χ0v) is 10.4. The first-order valence-electron chi connectivity index (χ1n) is 5.69. The molecule has 18 heavy (non-hydrogen) atoms. The molecule has 0 aromatic carbocycles. The fraction of sp³-hybridized carbons (Fsp3) is 0.364. The number of hydrogen-bond donors (Lipinski definition) is 1. The second-order valence-corrected chi connectivity index (χ2v) is 4.97. The maximum atomic E-state index is 11.8. The van der Waals surface area contributed by atoms with Gasteiger partial charge in [-0.1, -0.05) is 5.16 Å². The van der Waals surface area contributed by atoms with E-state index >= 15 is 0 Å². The number of carbonyl (C=O) groups is 1. The lowest BCUT2D eigenvalue weighted by Crippen LogP contribution is -2.36. The number of rotatable bonds is 3. The van der Waals surface area contributed by atoms with Gasteiger partial charge >= 0.3 is 0 Å². The summed E-state index contributed by atoms with van der Waals surface area (Å²) in [4.78, 5) is 18.2. The molecule has 1 aliphatic rings. The lowest BCUT2D eigenvalue weighted by atomic mass is 10.2. The lowest BCUT2D eigenvalue weighted by Gasteiger charge is -2.15. The van der Waals surface area contributed by atoms with Crippen LogP contribution in [0.5, 0.6) is 0 Å². The standard InChI is InChI=1S/C11H12N4O2S/c16-10(9-1-3-13-17-9)14-8-2-5-15(7-8)11-12-4-6-18-11/h1,3-4,6,8H,2,5,7H2,(H,14,16)/t8-/m1/s1. The van der Waals surface area contributed by atoms with E-state index in [0.717, 1.165) is 24.6 Å². The number of carbonyl (C=O) groups excluding carboxylic acids is 1. The Morgan fingerprint density at radius 1 is 1.56 bits per heavy atom. The highest BCUT2D eigenvalue weighted by molar-refractivity contribution is 7.13. The minimum absolute atomic E-state index is 0.131. The molecule has 94 valence electrons. The maximum absolute atomic E-state index is 11.8. The minimum atomic E-state index is -0.210. The molecule has 1 amide bonds. The van der Waals surface area contributed by atoms with Crippen molar-refractivity contribution in [1.29, 1.82) is 0 Å². The van der Waals surface area contributed by atoms with Gasteiger partial charge in [0.2, 0.25) is 5.76 Å². The van der Waals surface area contributed by atoms with Gasteiger partial charge in [-0.2, -0.15) is 0 Å². The van der Waals surface area contributed by atoms with Crippen molar-refractivity contribution in [3.05, 3.63) is 29.6 Å².